The molecule has 0 aromatic carbocycles. The molecule has 0 bridgehead atoms. The lowest BCUT2D eigenvalue weighted by Crippen LogP contribution is -2.44. The van der Waals surface area contributed by atoms with Crippen LogP contribution in [0.25, 0.3) is 0 Å². The number of likely N-dealkylation sites (N-methyl/N-ethyl adjacent to an activating group) is 1. The fraction of sp³-hybridized carbons (Fsp3) is 0.824. The summed E-state index contributed by atoms with van der Waals surface area (Å²) in [6.45, 7) is 12.9. The second kappa shape index (κ2) is 7.26. The highest BCUT2D eigenvalue weighted by atomic mass is 16.5. The van der Waals surface area contributed by atoms with Crippen molar-refractivity contribution in [2.75, 3.05) is 20.2 Å². The van der Waals surface area contributed by atoms with Gasteiger partial charge in [0.05, 0.1) is 7.11 Å². The Morgan fingerprint density at radius 1 is 1.40 bits per heavy atom. The van der Waals surface area contributed by atoms with Crippen molar-refractivity contribution in [3.63, 3.8) is 0 Å². The molecule has 0 radical (unpaired) electrons. The molecular formula is C17H31NO2. The zero-order valence-electron chi connectivity index (χ0n) is 14.0. The van der Waals surface area contributed by atoms with E-state index in [1.54, 1.807) is 0 Å². The molecule has 0 amide bonds. The van der Waals surface area contributed by atoms with Crippen LogP contribution in [0.3, 0.4) is 0 Å². The third-order valence-electron chi connectivity index (χ3n) is 4.62. The van der Waals surface area contributed by atoms with Gasteiger partial charge in [0.25, 0.3) is 0 Å². The summed E-state index contributed by atoms with van der Waals surface area (Å²) in [6.07, 6.45) is 5.55. The number of ether oxygens (including phenoxy) is 1. The van der Waals surface area contributed by atoms with Gasteiger partial charge in [0.2, 0.25) is 0 Å². The van der Waals surface area contributed by atoms with Gasteiger partial charge in [-0.3, -0.25) is 9.69 Å². The van der Waals surface area contributed by atoms with Gasteiger partial charge in [-0.2, -0.15) is 0 Å². The molecule has 0 aromatic rings. The van der Waals surface area contributed by atoms with Gasteiger partial charge in [0.15, 0.2) is 0 Å². The Labute approximate surface area is 124 Å². The minimum Gasteiger partial charge on any atom is -0.468 e. The molecule has 116 valence electrons. The van der Waals surface area contributed by atoms with E-state index >= 15 is 0 Å². The number of allylic oxidation sites excluding steroid dienone is 1. The average molecular weight is 281 g/mol. The molecule has 0 saturated heterocycles. The summed E-state index contributed by atoms with van der Waals surface area (Å²) in [5, 5.41) is 0. The number of carbonyl (C=O) groups excluding carboxylic acids is 1. The van der Waals surface area contributed by atoms with E-state index in [4.69, 9.17) is 4.74 Å². The summed E-state index contributed by atoms with van der Waals surface area (Å²) >= 11 is 0. The van der Waals surface area contributed by atoms with Crippen molar-refractivity contribution in [1.29, 1.82) is 0 Å². The van der Waals surface area contributed by atoms with Crippen LogP contribution in [-0.2, 0) is 9.53 Å². The summed E-state index contributed by atoms with van der Waals surface area (Å²) in [5.74, 6) is 0.593. The third kappa shape index (κ3) is 4.08. The lowest BCUT2D eigenvalue weighted by molar-refractivity contribution is -0.145. The molecule has 0 fully saturated rings. The van der Waals surface area contributed by atoms with Crippen molar-refractivity contribution in [1.82, 2.24) is 4.90 Å². The maximum atomic E-state index is 12.1. The van der Waals surface area contributed by atoms with Crippen molar-refractivity contribution in [2.24, 2.45) is 11.3 Å². The van der Waals surface area contributed by atoms with E-state index in [1.807, 2.05) is 0 Å². The lowest BCUT2D eigenvalue weighted by atomic mass is 9.72. The summed E-state index contributed by atoms with van der Waals surface area (Å²) in [6, 6.07) is -0.184. The molecule has 0 aromatic heterocycles. The van der Waals surface area contributed by atoms with E-state index in [9.17, 15) is 4.79 Å². The summed E-state index contributed by atoms with van der Waals surface area (Å²) in [5.41, 5.74) is 1.60. The largest absolute Gasteiger partial charge is 0.468 e. The first-order valence-electron chi connectivity index (χ1n) is 7.85. The van der Waals surface area contributed by atoms with Crippen LogP contribution in [0.5, 0.6) is 0 Å². The number of methoxy groups -OCH3 is 1. The number of nitrogens with zero attached hydrogens (tertiary/aromatic N) is 1. The van der Waals surface area contributed by atoms with Crippen LogP contribution in [0.2, 0.25) is 0 Å². The second-order valence-corrected chi connectivity index (χ2v) is 6.76. The topological polar surface area (TPSA) is 29.5 Å². The molecule has 0 heterocycles. The van der Waals surface area contributed by atoms with Gasteiger partial charge in [-0.05, 0) is 49.3 Å². The van der Waals surface area contributed by atoms with E-state index < -0.39 is 0 Å². The molecule has 3 nitrogen and oxygen atoms in total. The smallest absolute Gasteiger partial charge is 0.327 e. The van der Waals surface area contributed by atoms with Crippen LogP contribution >= 0.6 is 0 Å². The van der Waals surface area contributed by atoms with Gasteiger partial charge in [0, 0.05) is 0 Å². The Bertz CT molecular complexity index is 350. The SMILES string of the molecule is CCN(CC)C(C(=O)OC)C1=CCC(C(C)(C)C)CC1. The van der Waals surface area contributed by atoms with Gasteiger partial charge >= 0.3 is 5.97 Å². The Morgan fingerprint density at radius 3 is 2.35 bits per heavy atom. The molecule has 1 aliphatic carbocycles. The van der Waals surface area contributed by atoms with E-state index in [1.165, 1.54) is 19.1 Å². The molecule has 0 N–H and O–H groups in total. The first-order valence-corrected chi connectivity index (χ1v) is 7.85. The molecule has 1 rings (SSSR count). The monoisotopic (exact) mass is 281 g/mol. The molecule has 0 spiro atoms. The molecule has 20 heavy (non-hydrogen) atoms. The Balaban J connectivity index is 2.89. The van der Waals surface area contributed by atoms with Crippen molar-refractivity contribution < 1.29 is 9.53 Å². The number of hydrogen-bond donors (Lipinski definition) is 0. The molecule has 3 heteroatoms. The lowest BCUT2D eigenvalue weighted by Gasteiger charge is -2.36. The van der Waals surface area contributed by atoms with Gasteiger partial charge < -0.3 is 4.74 Å². The maximum absolute atomic E-state index is 12.1. The summed E-state index contributed by atoms with van der Waals surface area (Å²) in [7, 11) is 1.49. The molecule has 0 saturated carbocycles. The number of esters is 1. The van der Waals surface area contributed by atoms with Crippen LogP contribution in [-0.4, -0.2) is 37.1 Å². The molecule has 1 aliphatic rings. The predicted molar refractivity (Wildman–Crippen MR) is 83.6 cm³/mol. The van der Waals surface area contributed by atoms with Crippen molar-refractivity contribution in [3.05, 3.63) is 11.6 Å². The maximum Gasteiger partial charge on any atom is 0.327 e. The minimum absolute atomic E-state index is 0.117. The standard InChI is InChI=1S/C17H31NO2/c1-7-18(8-2)15(16(19)20-6)13-9-11-14(12-10-13)17(3,4)5/h9,14-15H,7-8,10-12H2,1-6H3. The third-order valence-corrected chi connectivity index (χ3v) is 4.62. The van der Waals surface area contributed by atoms with Crippen LogP contribution in [0.15, 0.2) is 11.6 Å². The number of hydrogen-bond acceptors (Lipinski definition) is 3. The predicted octanol–water partition coefficient (Wildman–Crippen LogP) is 3.64. The highest BCUT2D eigenvalue weighted by Crippen LogP contribution is 2.38. The summed E-state index contributed by atoms with van der Waals surface area (Å²) < 4.78 is 5.02. The Kier molecular flexibility index (Phi) is 6.25. The zero-order chi connectivity index (χ0) is 15.3. The normalized spacial score (nSPS) is 21.6. The van der Waals surface area contributed by atoms with Crippen LogP contribution in [0.1, 0.15) is 53.9 Å². The van der Waals surface area contributed by atoms with Gasteiger partial charge in [-0.1, -0.05) is 40.7 Å². The van der Waals surface area contributed by atoms with E-state index in [2.05, 4.69) is 45.6 Å². The molecule has 2 unspecified atom stereocenters. The highest BCUT2D eigenvalue weighted by Gasteiger charge is 2.33. The van der Waals surface area contributed by atoms with Crippen molar-refractivity contribution in [2.45, 2.75) is 59.9 Å². The van der Waals surface area contributed by atoms with Crippen LogP contribution < -0.4 is 0 Å². The molecule has 0 aliphatic heterocycles. The number of rotatable bonds is 5. The first kappa shape index (κ1) is 17.2. The second-order valence-electron chi connectivity index (χ2n) is 6.76. The van der Waals surface area contributed by atoms with Gasteiger partial charge in [0.1, 0.15) is 6.04 Å². The fourth-order valence-corrected chi connectivity index (χ4v) is 3.12. The minimum atomic E-state index is -0.184. The first-order chi connectivity index (χ1) is 9.35. The highest BCUT2D eigenvalue weighted by molar-refractivity contribution is 5.79. The van der Waals surface area contributed by atoms with Crippen LogP contribution in [0, 0.1) is 11.3 Å². The number of carbonyl (C=O) groups is 1. The van der Waals surface area contributed by atoms with E-state index in [-0.39, 0.29) is 12.0 Å². The molecular weight excluding hydrogens is 250 g/mol. The summed E-state index contributed by atoms with van der Waals surface area (Å²) in [4.78, 5) is 14.3. The van der Waals surface area contributed by atoms with E-state index in [0.717, 1.165) is 25.9 Å². The van der Waals surface area contributed by atoms with Gasteiger partial charge in [-0.15, -0.1) is 0 Å². The zero-order valence-corrected chi connectivity index (χ0v) is 14.0. The average Bonchev–Trinajstić information content (AvgIpc) is 2.43. The van der Waals surface area contributed by atoms with Gasteiger partial charge in [-0.25, -0.2) is 0 Å². The Morgan fingerprint density at radius 2 is 2.00 bits per heavy atom. The fourth-order valence-electron chi connectivity index (χ4n) is 3.12. The molecule has 2 atom stereocenters. The van der Waals surface area contributed by atoms with E-state index in [0.29, 0.717) is 11.3 Å². The Hall–Kier alpha value is -0.830. The van der Waals surface area contributed by atoms with Crippen LogP contribution in [0.4, 0.5) is 0 Å². The van der Waals surface area contributed by atoms with Crippen molar-refractivity contribution >= 4 is 5.97 Å². The quantitative estimate of drug-likeness (QED) is 0.569. The van der Waals surface area contributed by atoms with Crippen molar-refractivity contribution in [3.8, 4) is 0 Å².